The summed E-state index contributed by atoms with van der Waals surface area (Å²) in [5.41, 5.74) is 0.186. The molecule has 0 N–H and O–H groups in total. The van der Waals surface area contributed by atoms with Crippen LogP contribution in [-0.2, 0) is 20.6 Å². The number of hydrogen-bond acceptors (Lipinski definition) is 3. The highest BCUT2D eigenvalue weighted by molar-refractivity contribution is 6.70. The number of carbonyl (C=O) groups is 1. The highest BCUT2D eigenvalue weighted by atomic mass is 28.4. The Bertz CT molecular complexity index is 708. The molecule has 2 atom stereocenters. The zero-order valence-electron chi connectivity index (χ0n) is 19.5. The Labute approximate surface area is 178 Å². The second-order valence-corrected chi connectivity index (χ2v) is 15.8. The summed E-state index contributed by atoms with van der Waals surface area (Å²) >= 11 is 0. The molecule has 2 aliphatic carbocycles. The molecule has 0 amide bonds. The third-order valence-electron chi connectivity index (χ3n) is 7.03. The van der Waals surface area contributed by atoms with Crippen LogP contribution in [-0.4, -0.2) is 25.3 Å². The number of carbonyl (C=O) groups excluding carboxylic acids is 1. The zero-order valence-corrected chi connectivity index (χ0v) is 20.5. The van der Waals surface area contributed by atoms with E-state index >= 15 is 0 Å². The van der Waals surface area contributed by atoms with E-state index < -0.39 is 19.5 Å². The number of rotatable bonds is 6. The van der Waals surface area contributed by atoms with Gasteiger partial charge < -0.3 is 9.16 Å². The van der Waals surface area contributed by atoms with Crippen molar-refractivity contribution in [2.45, 2.75) is 97.2 Å². The van der Waals surface area contributed by atoms with Gasteiger partial charge in [-0.2, -0.15) is 0 Å². The van der Waals surface area contributed by atoms with Gasteiger partial charge in [-0.1, -0.05) is 58.0 Å². The van der Waals surface area contributed by atoms with Gasteiger partial charge in [0.15, 0.2) is 14.1 Å². The van der Waals surface area contributed by atoms with E-state index in [0.29, 0.717) is 12.5 Å². The van der Waals surface area contributed by atoms with Gasteiger partial charge in [-0.25, -0.2) is 0 Å². The van der Waals surface area contributed by atoms with E-state index in [1.54, 1.807) is 0 Å². The summed E-state index contributed by atoms with van der Waals surface area (Å²) in [6, 6.07) is 10.3. The Kier molecular flexibility index (Phi) is 6.21. The van der Waals surface area contributed by atoms with Crippen LogP contribution in [0.3, 0.4) is 0 Å². The van der Waals surface area contributed by atoms with Crippen LogP contribution in [0, 0.1) is 17.3 Å². The zero-order chi connectivity index (χ0) is 21.5. The Morgan fingerprint density at radius 3 is 2.10 bits per heavy atom. The minimum Gasteiger partial charge on any atom is -0.403 e. The molecule has 2 fully saturated rings. The summed E-state index contributed by atoms with van der Waals surface area (Å²) in [5, 5.41) is 0. The molecule has 1 aromatic rings. The lowest BCUT2D eigenvalue weighted by molar-refractivity contribution is -0.230. The highest BCUT2D eigenvalue weighted by Crippen LogP contribution is 2.56. The maximum atomic E-state index is 13.4. The van der Waals surface area contributed by atoms with Gasteiger partial charge in [-0.05, 0) is 68.6 Å². The number of benzene rings is 1. The number of ketones is 1. The average Bonchev–Trinajstić information content (AvgIpc) is 2.65. The van der Waals surface area contributed by atoms with Crippen LogP contribution in [0.5, 0.6) is 0 Å². The van der Waals surface area contributed by atoms with Crippen LogP contribution in [0.4, 0.5) is 0 Å². The predicted octanol–water partition coefficient (Wildman–Crippen LogP) is 6.38. The summed E-state index contributed by atoms with van der Waals surface area (Å²) in [4.78, 5) is 13.4. The minimum absolute atomic E-state index is 0.0730. The molecule has 162 valence electrons. The molecule has 1 aromatic carbocycles. The van der Waals surface area contributed by atoms with Crippen LogP contribution in [0.2, 0.25) is 19.6 Å². The van der Waals surface area contributed by atoms with Crippen LogP contribution in [0.15, 0.2) is 30.3 Å². The minimum atomic E-state index is -1.93. The fraction of sp³-hybridized carbons (Fsp3) is 0.720. The molecule has 3 nitrogen and oxygen atoms in total. The van der Waals surface area contributed by atoms with Crippen molar-refractivity contribution in [3.05, 3.63) is 35.9 Å². The van der Waals surface area contributed by atoms with Crippen molar-refractivity contribution in [2.24, 2.45) is 17.3 Å². The monoisotopic (exact) mass is 416 g/mol. The third-order valence-corrected chi connectivity index (χ3v) is 7.99. The Balaban J connectivity index is 1.92. The van der Waals surface area contributed by atoms with E-state index in [2.05, 4.69) is 52.5 Å². The predicted molar refractivity (Wildman–Crippen MR) is 121 cm³/mol. The summed E-state index contributed by atoms with van der Waals surface area (Å²) in [6.45, 7) is 16.2. The second-order valence-electron chi connectivity index (χ2n) is 11.4. The second kappa shape index (κ2) is 7.94. The van der Waals surface area contributed by atoms with Gasteiger partial charge in [0.05, 0.1) is 6.61 Å². The number of Topliss-reactive ketones (excluding diaryl/α,β-unsaturated/α-hetero) is 1. The fourth-order valence-corrected chi connectivity index (χ4v) is 6.84. The van der Waals surface area contributed by atoms with Crippen molar-refractivity contribution in [3.63, 3.8) is 0 Å². The Hall–Kier alpha value is -0.973. The van der Waals surface area contributed by atoms with Crippen LogP contribution >= 0.6 is 0 Å². The summed E-state index contributed by atoms with van der Waals surface area (Å²) in [6.07, 6.45) is 4.80. The molecule has 0 aromatic heterocycles. The first-order valence-corrected chi connectivity index (χ1v) is 14.7. The Morgan fingerprint density at radius 1 is 1.07 bits per heavy atom. The van der Waals surface area contributed by atoms with Gasteiger partial charge in [-0.3, -0.25) is 4.79 Å². The van der Waals surface area contributed by atoms with Crippen molar-refractivity contribution in [2.75, 3.05) is 0 Å². The maximum absolute atomic E-state index is 13.4. The van der Waals surface area contributed by atoms with Gasteiger partial charge in [0.1, 0.15) is 11.2 Å². The van der Waals surface area contributed by atoms with Crippen molar-refractivity contribution in [3.8, 4) is 0 Å². The van der Waals surface area contributed by atoms with Crippen molar-refractivity contribution < 1.29 is 14.0 Å². The molecule has 0 aliphatic heterocycles. The SMILES string of the molecule is C[C@@H]1C[C@@](O[Si](C)(C)C)(C2(OCc3ccccc3)CCC(C(C)(C)C)CC2)C1=O. The molecule has 0 unspecified atom stereocenters. The van der Waals surface area contributed by atoms with Crippen molar-refractivity contribution >= 4 is 14.1 Å². The van der Waals surface area contributed by atoms with E-state index in [0.717, 1.165) is 37.7 Å². The smallest absolute Gasteiger partial charge is 0.185 e. The summed E-state index contributed by atoms with van der Waals surface area (Å²) in [7, 11) is -1.93. The molecule has 0 heterocycles. The molecule has 0 spiro atoms. The van der Waals surface area contributed by atoms with Crippen molar-refractivity contribution in [1.29, 1.82) is 0 Å². The molecule has 0 saturated heterocycles. The van der Waals surface area contributed by atoms with E-state index in [1.165, 1.54) is 0 Å². The molecule has 0 bridgehead atoms. The standard InChI is InChI=1S/C25H40O3Si/c1-19-17-25(22(19)26,28-29(5,6)7)24(27-18-20-11-9-8-10-12-20)15-13-21(14-16-24)23(2,3)4/h8-12,19,21H,13-18H2,1-7H3/t19-,21?,24?,25+/m1/s1. The first kappa shape index (κ1) is 22.7. The molecule has 2 aliphatic rings. The molecule has 0 radical (unpaired) electrons. The summed E-state index contributed by atoms with van der Waals surface area (Å²) in [5.74, 6) is 0.999. The topological polar surface area (TPSA) is 35.5 Å². The molecule has 3 rings (SSSR count). The van der Waals surface area contributed by atoms with Gasteiger partial charge >= 0.3 is 0 Å². The molecule has 4 heteroatoms. The molecule has 29 heavy (non-hydrogen) atoms. The highest BCUT2D eigenvalue weighted by Gasteiger charge is 2.67. The Morgan fingerprint density at radius 2 is 1.66 bits per heavy atom. The lowest BCUT2D eigenvalue weighted by atomic mass is 9.55. The van der Waals surface area contributed by atoms with E-state index in [-0.39, 0.29) is 17.1 Å². The van der Waals surface area contributed by atoms with E-state index in [1.807, 2.05) is 25.1 Å². The van der Waals surface area contributed by atoms with Crippen LogP contribution in [0.25, 0.3) is 0 Å². The van der Waals surface area contributed by atoms with Gasteiger partial charge in [-0.15, -0.1) is 0 Å². The van der Waals surface area contributed by atoms with Crippen LogP contribution in [0.1, 0.15) is 65.4 Å². The maximum Gasteiger partial charge on any atom is 0.185 e. The first-order chi connectivity index (χ1) is 13.4. The summed E-state index contributed by atoms with van der Waals surface area (Å²) < 4.78 is 13.5. The number of hydrogen-bond donors (Lipinski definition) is 0. The lowest BCUT2D eigenvalue weighted by Gasteiger charge is -2.60. The van der Waals surface area contributed by atoms with Gasteiger partial charge in [0.25, 0.3) is 0 Å². The van der Waals surface area contributed by atoms with E-state index in [4.69, 9.17) is 9.16 Å². The van der Waals surface area contributed by atoms with Gasteiger partial charge in [0, 0.05) is 5.92 Å². The molecular formula is C25H40O3Si. The largest absolute Gasteiger partial charge is 0.403 e. The normalized spacial score (nSPS) is 33.4. The first-order valence-electron chi connectivity index (χ1n) is 11.3. The quantitative estimate of drug-likeness (QED) is 0.505. The van der Waals surface area contributed by atoms with Crippen LogP contribution < -0.4 is 0 Å². The average molecular weight is 417 g/mol. The molecule has 2 saturated carbocycles. The number of ether oxygens (including phenoxy) is 1. The van der Waals surface area contributed by atoms with E-state index in [9.17, 15) is 4.79 Å². The lowest BCUT2D eigenvalue weighted by Crippen LogP contribution is -2.73. The molecular weight excluding hydrogens is 376 g/mol. The fourth-order valence-electron chi connectivity index (χ4n) is 5.42. The van der Waals surface area contributed by atoms with Crippen molar-refractivity contribution in [1.82, 2.24) is 0 Å². The third kappa shape index (κ3) is 4.55. The van der Waals surface area contributed by atoms with Gasteiger partial charge in [0.2, 0.25) is 0 Å².